The largest absolute Gasteiger partial charge is 0.496 e. The van der Waals surface area contributed by atoms with E-state index in [1.807, 2.05) is 39.0 Å². The summed E-state index contributed by atoms with van der Waals surface area (Å²) in [6.45, 7) is 6.74. The van der Waals surface area contributed by atoms with Crippen molar-refractivity contribution in [2.45, 2.75) is 39.0 Å². The van der Waals surface area contributed by atoms with Crippen molar-refractivity contribution in [2.24, 2.45) is 0 Å². The zero-order chi connectivity index (χ0) is 19.6. The minimum atomic E-state index is -0.995. The van der Waals surface area contributed by atoms with E-state index in [9.17, 15) is 9.90 Å². The van der Waals surface area contributed by atoms with E-state index in [2.05, 4.69) is 23.5 Å². The van der Waals surface area contributed by atoms with Crippen molar-refractivity contribution in [1.82, 2.24) is 5.32 Å². The highest BCUT2D eigenvalue weighted by Crippen LogP contribution is 2.31. The van der Waals surface area contributed by atoms with Crippen molar-refractivity contribution in [3.05, 3.63) is 64.7 Å². The first-order valence-electron chi connectivity index (χ1n) is 8.95. The van der Waals surface area contributed by atoms with Gasteiger partial charge in [-0.1, -0.05) is 18.2 Å². The summed E-state index contributed by atoms with van der Waals surface area (Å²) in [7, 11) is 1.47. The number of ether oxygens (including phenoxy) is 2. The Labute approximate surface area is 159 Å². The van der Waals surface area contributed by atoms with E-state index in [1.165, 1.54) is 7.11 Å². The van der Waals surface area contributed by atoms with Crippen LogP contribution in [-0.4, -0.2) is 23.8 Å². The van der Waals surface area contributed by atoms with Gasteiger partial charge in [-0.15, -0.1) is 0 Å². The van der Waals surface area contributed by atoms with E-state index in [0.717, 1.165) is 22.4 Å². The molecule has 5 nitrogen and oxygen atoms in total. The van der Waals surface area contributed by atoms with Crippen LogP contribution in [-0.2, 0) is 6.54 Å². The van der Waals surface area contributed by atoms with Gasteiger partial charge in [0.1, 0.15) is 22.7 Å². The van der Waals surface area contributed by atoms with Gasteiger partial charge in [-0.25, -0.2) is 4.79 Å². The summed E-state index contributed by atoms with van der Waals surface area (Å²) in [5, 5.41) is 12.8. The fraction of sp³-hybridized carbons (Fsp3) is 0.318. The Bertz CT molecular complexity index is 886. The van der Waals surface area contributed by atoms with E-state index < -0.39 is 5.97 Å². The van der Waals surface area contributed by atoms with Crippen molar-refractivity contribution in [3.8, 4) is 11.5 Å². The SMILES string of the molecule is COc1ccc([C@H](C)NCc2ccc3c(c2)C=CC(C)(C)O3)cc1C(=O)O. The molecule has 1 aliphatic heterocycles. The molecular weight excluding hydrogens is 342 g/mol. The van der Waals surface area contributed by atoms with Crippen LogP contribution in [0.15, 0.2) is 42.5 Å². The number of carboxylic acids is 1. The molecule has 0 amide bonds. The van der Waals surface area contributed by atoms with Crippen LogP contribution >= 0.6 is 0 Å². The standard InChI is InChI=1S/C22H25NO4/c1-14(16-6-8-20(26-4)18(12-16)21(24)25)23-13-15-5-7-19-17(11-15)9-10-22(2,3)27-19/h5-12,14,23H,13H2,1-4H3,(H,24,25)/t14-/m0/s1. The smallest absolute Gasteiger partial charge is 0.339 e. The molecule has 0 radical (unpaired) electrons. The third-order valence-electron chi connectivity index (χ3n) is 4.68. The zero-order valence-corrected chi connectivity index (χ0v) is 16.1. The Balaban J connectivity index is 1.70. The van der Waals surface area contributed by atoms with Crippen molar-refractivity contribution in [1.29, 1.82) is 0 Å². The van der Waals surface area contributed by atoms with Gasteiger partial charge in [-0.3, -0.25) is 0 Å². The predicted molar refractivity (Wildman–Crippen MR) is 105 cm³/mol. The molecule has 0 aliphatic carbocycles. The average Bonchev–Trinajstić information content (AvgIpc) is 2.64. The van der Waals surface area contributed by atoms with Crippen LogP contribution in [0.1, 0.15) is 53.9 Å². The highest BCUT2D eigenvalue weighted by molar-refractivity contribution is 5.91. The maximum Gasteiger partial charge on any atom is 0.339 e. The van der Waals surface area contributed by atoms with Crippen molar-refractivity contribution >= 4 is 12.0 Å². The first-order valence-corrected chi connectivity index (χ1v) is 8.95. The number of methoxy groups -OCH3 is 1. The van der Waals surface area contributed by atoms with Crippen LogP contribution in [0.4, 0.5) is 0 Å². The van der Waals surface area contributed by atoms with E-state index in [0.29, 0.717) is 12.3 Å². The number of rotatable bonds is 6. The minimum Gasteiger partial charge on any atom is -0.496 e. The van der Waals surface area contributed by atoms with Crippen molar-refractivity contribution in [3.63, 3.8) is 0 Å². The number of benzene rings is 2. The summed E-state index contributed by atoms with van der Waals surface area (Å²) < 4.78 is 11.1. The van der Waals surface area contributed by atoms with Gasteiger partial charge in [-0.05, 0) is 62.2 Å². The first kappa shape index (κ1) is 19.0. The quantitative estimate of drug-likeness (QED) is 0.791. The maximum atomic E-state index is 11.4. The number of aromatic carboxylic acids is 1. The normalized spacial score (nSPS) is 15.6. The summed E-state index contributed by atoms with van der Waals surface area (Å²) in [5.41, 5.74) is 3.00. The monoisotopic (exact) mass is 367 g/mol. The highest BCUT2D eigenvalue weighted by atomic mass is 16.5. The molecule has 0 saturated carbocycles. The van der Waals surface area contributed by atoms with Crippen LogP contribution in [0, 0.1) is 0 Å². The lowest BCUT2D eigenvalue weighted by molar-refractivity contribution is 0.0693. The second-order valence-electron chi connectivity index (χ2n) is 7.28. The second kappa shape index (κ2) is 7.45. The number of fused-ring (bicyclic) bond motifs is 1. The molecule has 2 aromatic carbocycles. The Morgan fingerprint density at radius 3 is 2.74 bits per heavy atom. The number of hydrogen-bond acceptors (Lipinski definition) is 4. The molecule has 1 aliphatic rings. The molecule has 0 saturated heterocycles. The lowest BCUT2D eigenvalue weighted by Gasteiger charge is -2.28. The fourth-order valence-corrected chi connectivity index (χ4v) is 3.09. The van der Waals surface area contributed by atoms with Gasteiger partial charge in [0.25, 0.3) is 0 Å². The van der Waals surface area contributed by atoms with Crippen LogP contribution in [0.3, 0.4) is 0 Å². The molecule has 1 atom stereocenters. The Kier molecular flexibility index (Phi) is 5.24. The summed E-state index contributed by atoms with van der Waals surface area (Å²) >= 11 is 0. The maximum absolute atomic E-state index is 11.4. The average molecular weight is 367 g/mol. The summed E-state index contributed by atoms with van der Waals surface area (Å²) in [5.74, 6) is 0.258. The number of nitrogens with one attached hydrogen (secondary N) is 1. The summed E-state index contributed by atoms with van der Waals surface area (Å²) in [6.07, 6.45) is 4.15. The molecule has 0 spiro atoms. The third-order valence-corrected chi connectivity index (χ3v) is 4.68. The molecule has 3 rings (SSSR count). The van der Waals surface area contributed by atoms with Crippen LogP contribution in [0.25, 0.3) is 6.08 Å². The van der Waals surface area contributed by atoms with Gasteiger partial charge in [0.2, 0.25) is 0 Å². The first-order chi connectivity index (χ1) is 12.8. The summed E-state index contributed by atoms with van der Waals surface area (Å²) in [6, 6.07) is 11.4. The van der Waals surface area contributed by atoms with Gasteiger partial charge < -0.3 is 19.9 Å². The molecule has 0 unspecified atom stereocenters. The van der Waals surface area contributed by atoms with Gasteiger partial charge in [0.15, 0.2) is 0 Å². The lowest BCUT2D eigenvalue weighted by Crippen LogP contribution is -2.27. The van der Waals surface area contributed by atoms with Crippen LogP contribution in [0.2, 0.25) is 0 Å². The van der Waals surface area contributed by atoms with E-state index >= 15 is 0 Å². The molecule has 0 bridgehead atoms. The molecule has 2 aromatic rings. The number of carbonyl (C=O) groups is 1. The molecule has 0 fully saturated rings. The number of carboxylic acid groups (broad SMARTS) is 1. The Hall–Kier alpha value is -2.79. The number of hydrogen-bond donors (Lipinski definition) is 2. The molecule has 0 aromatic heterocycles. The minimum absolute atomic E-state index is 0.00392. The molecule has 5 heteroatoms. The third kappa shape index (κ3) is 4.31. The molecule has 142 valence electrons. The van der Waals surface area contributed by atoms with Crippen molar-refractivity contribution < 1.29 is 19.4 Å². The fourth-order valence-electron chi connectivity index (χ4n) is 3.09. The van der Waals surface area contributed by atoms with Crippen molar-refractivity contribution in [2.75, 3.05) is 7.11 Å². The van der Waals surface area contributed by atoms with Gasteiger partial charge in [-0.2, -0.15) is 0 Å². The van der Waals surface area contributed by atoms with E-state index in [1.54, 1.807) is 12.1 Å². The van der Waals surface area contributed by atoms with E-state index in [4.69, 9.17) is 9.47 Å². The Morgan fingerprint density at radius 2 is 2.04 bits per heavy atom. The second-order valence-corrected chi connectivity index (χ2v) is 7.28. The van der Waals surface area contributed by atoms with Gasteiger partial charge >= 0.3 is 5.97 Å². The van der Waals surface area contributed by atoms with Crippen LogP contribution in [0.5, 0.6) is 11.5 Å². The van der Waals surface area contributed by atoms with Gasteiger partial charge in [0, 0.05) is 18.2 Å². The van der Waals surface area contributed by atoms with Crippen LogP contribution < -0.4 is 14.8 Å². The lowest BCUT2D eigenvalue weighted by atomic mass is 10.0. The molecule has 1 heterocycles. The highest BCUT2D eigenvalue weighted by Gasteiger charge is 2.21. The molecular formula is C22H25NO4. The Morgan fingerprint density at radius 1 is 1.26 bits per heavy atom. The predicted octanol–water partition coefficient (Wildman–Crippen LogP) is 4.43. The van der Waals surface area contributed by atoms with Gasteiger partial charge in [0.05, 0.1) is 7.11 Å². The topological polar surface area (TPSA) is 67.8 Å². The zero-order valence-electron chi connectivity index (χ0n) is 16.1. The molecule has 2 N–H and O–H groups in total. The molecule has 27 heavy (non-hydrogen) atoms. The summed E-state index contributed by atoms with van der Waals surface area (Å²) in [4.78, 5) is 11.4. The van der Waals surface area contributed by atoms with E-state index in [-0.39, 0.29) is 17.2 Å².